The van der Waals surface area contributed by atoms with Gasteiger partial charge in [0, 0.05) is 5.56 Å². The zero-order valence-corrected chi connectivity index (χ0v) is 8.64. The fourth-order valence-corrected chi connectivity index (χ4v) is 1.58. The molecule has 0 saturated heterocycles. The van der Waals surface area contributed by atoms with E-state index in [0.29, 0.717) is 16.9 Å². The summed E-state index contributed by atoms with van der Waals surface area (Å²) in [6.07, 6.45) is 0. The first kappa shape index (κ1) is 10.1. The van der Waals surface area contributed by atoms with Crippen LogP contribution in [0.2, 0.25) is 0 Å². The monoisotopic (exact) mass is 209 g/mol. The normalized spacial score (nSPS) is 9.69. The highest BCUT2D eigenvalue weighted by atomic mass is 14.7. The second-order valence-electron chi connectivity index (χ2n) is 3.50. The summed E-state index contributed by atoms with van der Waals surface area (Å²) in [6.45, 7) is 0. The number of nitrogen functional groups attached to an aromatic ring is 2. The molecule has 16 heavy (non-hydrogen) atoms. The highest BCUT2D eigenvalue weighted by Gasteiger charge is 2.07. The molecule has 0 bridgehead atoms. The van der Waals surface area contributed by atoms with Crippen LogP contribution in [0.4, 0.5) is 11.4 Å². The molecule has 78 valence electrons. The van der Waals surface area contributed by atoms with E-state index in [-0.39, 0.29) is 0 Å². The lowest BCUT2D eigenvalue weighted by Crippen LogP contribution is -1.97. The minimum Gasteiger partial charge on any atom is -0.397 e. The molecule has 3 heteroatoms. The molecule has 4 N–H and O–H groups in total. The largest absolute Gasteiger partial charge is 0.397 e. The number of anilines is 2. The highest BCUT2D eigenvalue weighted by molar-refractivity contribution is 5.79. The van der Waals surface area contributed by atoms with Crippen LogP contribution < -0.4 is 11.5 Å². The molecular formula is C13H11N3. The van der Waals surface area contributed by atoms with Gasteiger partial charge in [-0.1, -0.05) is 30.3 Å². The summed E-state index contributed by atoms with van der Waals surface area (Å²) in [5.74, 6) is 0. The van der Waals surface area contributed by atoms with Crippen molar-refractivity contribution in [2.45, 2.75) is 0 Å². The lowest BCUT2D eigenvalue weighted by Gasteiger charge is -2.07. The van der Waals surface area contributed by atoms with Gasteiger partial charge in [0.1, 0.15) is 0 Å². The van der Waals surface area contributed by atoms with E-state index >= 15 is 0 Å². The van der Waals surface area contributed by atoms with E-state index in [4.69, 9.17) is 16.7 Å². The summed E-state index contributed by atoms with van der Waals surface area (Å²) in [4.78, 5) is 0. The Labute approximate surface area is 93.9 Å². The molecule has 0 saturated carbocycles. The third-order valence-electron chi connectivity index (χ3n) is 2.43. The summed E-state index contributed by atoms with van der Waals surface area (Å²) in [5.41, 5.74) is 14.7. The second kappa shape index (κ2) is 3.95. The Kier molecular flexibility index (Phi) is 2.49. The van der Waals surface area contributed by atoms with Gasteiger partial charge in [-0.05, 0) is 17.7 Å². The molecule has 0 heterocycles. The van der Waals surface area contributed by atoms with Crippen LogP contribution >= 0.6 is 0 Å². The van der Waals surface area contributed by atoms with E-state index in [1.54, 1.807) is 12.1 Å². The number of nitriles is 1. The summed E-state index contributed by atoms with van der Waals surface area (Å²) < 4.78 is 0. The Hall–Kier alpha value is -2.47. The average Bonchev–Trinajstić information content (AvgIpc) is 2.33. The lowest BCUT2D eigenvalue weighted by molar-refractivity contribution is 1.48. The molecule has 0 atom stereocenters. The lowest BCUT2D eigenvalue weighted by atomic mass is 9.99. The zero-order chi connectivity index (χ0) is 11.5. The summed E-state index contributed by atoms with van der Waals surface area (Å²) in [5, 5.41) is 9.05. The van der Waals surface area contributed by atoms with Crippen molar-refractivity contribution in [2.75, 3.05) is 11.5 Å². The Morgan fingerprint density at radius 3 is 2.19 bits per heavy atom. The first-order valence-electron chi connectivity index (χ1n) is 4.87. The van der Waals surface area contributed by atoms with E-state index in [0.717, 1.165) is 11.1 Å². The molecule has 0 aliphatic rings. The first-order chi connectivity index (χ1) is 7.72. The standard InChI is InChI=1S/C13H11N3/c14-8-10-6-12(15)13(16)7-11(10)9-4-2-1-3-5-9/h1-7H,15-16H2. The predicted octanol–water partition coefficient (Wildman–Crippen LogP) is 2.39. The van der Waals surface area contributed by atoms with Crippen LogP contribution in [-0.2, 0) is 0 Å². The molecule has 0 radical (unpaired) electrons. The van der Waals surface area contributed by atoms with Crippen molar-refractivity contribution in [2.24, 2.45) is 0 Å². The molecule has 0 aliphatic carbocycles. The molecule has 0 fully saturated rings. The molecule has 0 aromatic heterocycles. The van der Waals surface area contributed by atoms with Crippen LogP contribution in [0.25, 0.3) is 11.1 Å². The molecule has 2 rings (SSSR count). The molecule has 0 amide bonds. The molecule has 0 unspecified atom stereocenters. The molecule has 3 nitrogen and oxygen atoms in total. The quantitative estimate of drug-likeness (QED) is 0.708. The summed E-state index contributed by atoms with van der Waals surface area (Å²) in [6, 6.07) is 15.1. The maximum absolute atomic E-state index is 9.05. The summed E-state index contributed by atoms with van der Waals surface area (Å²) >= 11 is 0. The van der Waals surface area contributed by atoms with Gasteiger partial charge in [-0.25, -0.2) is 0 Å². The van der Waals surface area contributed by atoms with Crippen molar-refractivity contribution in [3.63, 3.8) is 0 Å². The van der Waals surface area contributed by atoms with E-state index < -0.39 is 0 Å². The third kappa shape index (κ3) is 1.69. The van der Waals surface area contributed by atoms with Gasteiger partial charge in [0.2, 0.25) is 0 Å². The number of nitrogens with zero attached hydrogens (tertiary/aromatic N) is 1. The fourth-order valence-electron chi connectivity index (χ4n) is 1.58. The molecule has 2 aromatic carbocycles. The maximum atomic E-state index is 9.05. The third-order valence-corrected chi connectivity index (χ3v) is 2.43. The van der Waals surface area contributed by atoms with Crippen LogP contribution in [0.1, 0.15) is 5.56 Å². The van der Waals surface area contributed by atoms with Crippen molar-refractivity contribution in [3.8, 4) is 17.2 Å². The predicted molar refractivity (Wildman–Crippen MR) is 65.4 cm³/mol. The minimum atomic E-state index is 0.441. The van der Waals surface area contributed by atoms with Gasteiger partial charge in [-0.15, -0.1) is 0 Å². The van der Waals surface area contributed by atoms with Crippen molar-refractivity contribution in [1.29, 1.82) is 5.26 Å². The minimum absolute atomic E-state index is 0.441. The van der Waals surface area contributed by atoms with Gasteiger partial charge in [0.15, 0.2) is 0 Å². The smallest absolute Gasteiger partial charge is 0.0998 e. The Bertz CT molecular complexity index is 553. The summed E-state index contributed by atoms with van der Waals surface area (Å²) in [7, 11) is 0. The van der Waals surface area contributed by atoms with Gasteiger partial charge < -0.3 is 11.5 Å². The van der Waals surface area contributed by atoms with Crippen LogP contribution in [0, 0.1) is 11.3 Å². The van der Waals surface area contributed by atoms with Crippen molar-refractivity contribution >= 4 is 11.4 Å². The van der Waals surface area contributed by atoms with Gasteiger partial charge in [-0.2, -0.15) is 5.26 Å². The molecule has 0 spiro atoms. The van der Waals surface area contributed by atoms with Crippen LogP contribution in [0.15, 0.2) is 42.5 Å². The van der Waals surface area contributed by atoms with Crippen LogP contribution in [-0.4, -0.2) is 0 Å². The molecular weight excluding hydrogens is 198 g/mol. The maximum Gasteiger partial charge on any atom is 0.0998 e. The number of nitrogens with two attached hydrogens (primary N) is 2. The topological polar surface area (TPSA) is 75.8 Å². The zero-order valence-electron chi connectivity index (χ0n) is 8.64. The van der Waals surface area contributed by atoms with Gasteiger partial charge in [-0.3, -0.25) is 0 Å². The number of rotatable bonds is 1. The van der Waals surface area contributed by atoms with Crippen molar-refractivity contribution in [3.05, 3.63) is 48.0 Å². The van der Waals surface area contributed by atoms with Gasteiger partial charge in [0.25, 0.3) is 0 Å². The molecule has 0 aliphatic heterocycles. The van der Waals surface area contributed by atoms with Crippen molar-refractivity contribution in [1.82, 2.24) is 0 Å². The van der Waals surface area contributed by atoms with E-state index in [1.165, 1.54) is 0 Å². The van der Waals surface area contributed by atoms with Crippen LogP contribution in [0.5, 0.6) is 0 Å². The highest BCUT2D eigenvalue weighted by Crippen LogP contribution is 2.29. The molecule has 2 aromatic rings. The Morgan fingerprint density at radius 2 is 1.56 bits per heavy atom. The van der Waals surface area contributed by atoms with Gasteiger partial charge in [0.05, 0.1) is 23.0 Å². The van der Waals surface area contributed by atoms with E-state index in [9.17, 15) is 0 Å². The SMILES string of the molecule is N#Cc1cc(N)c(N)cc1-c1ccccc1. The first-order valence-corrected chi connectivity index (χ1v) is 4.87. The van der Waals surface area contributed by atoms with Crippen molar-refractivity contribution < 1.29 is 0 Å². The average molecular weight is 209 g/mol. The Morgan fingerprint density at radius 1 is 0.938 bits per heavy atom. The van der Waals surface area contributed by atoms with Gasteiger partial charge >= 0.3 is 0 Å². The number of benzene rings is 2. The van der Waals surface area contributed by atoms with E-state index in [2.05, 4.69) is 6.07 Å². The number of hydrogen-bond acceptors (Lipinski definition) is 3. The van der Waals surface area contributed by atoms with Crippen LogP contribution in [0.3, 0.4) is 0 Å². The fraction of sp³-hybridized carbons (Fsp3) is 0. The number of hydrogen-bond donors (Lipinski definition) is 2. The van der Waals surface area contributed by atoms with E-state index in [1.807, 2.05) is 30.3 Å². The Balaban J connectivity index is 2.66. The second-order valence-corrected chi connectivity index (χ2v) is 3.50.